The second-order valence-electron chi connectivity index (χ2n) is 3.96. The number of nitrogens with one attached hydrogen (secondary N) is 1. The topological polar surface area (TPSA) is 54.9 Å². The lowest BCUT2D eigenvalue weighted by Crippen LogP contribution is -2.16. The van der Waals surface area contributed by atoms with Gasteiger partial charge in [-0.1, -0.05) is 11.6 Å². The minimum Gasteiger partial charge on any atom is -0.368 e. The summed E-state index contributed by atoms with van der Waals surface area (Å²) in [6.07, 6.45) is 3.18. The summed E-state index contributed by atoms with van der Waals surface area (Å²) >= 11 is 7.86. The fourth-order valence-corrected chi connectivity index (χ4v) is 3.26. The van der Waals surface area contributed by atoms with Crippen LogP contribution in [0.25, 0.3) is 0 Å². The number of carbonyl (C=O) groups excluding carboxylic acids is 1. The van der Waals surface area contributed by atoms with E-state index in [0.717, 1.165) is 6.54 Å². The van der Waals surface area contributed by atoms with Crippen molar-refractivity contribution in [3.8, 4) is 0 Å². The second kappa shape index (κ2) is 5.69. The molecule has 0 aliphatic carbocycles. The minimum absolute atomic E-state index is 0.217. The van der Waals surface area contributed by atoms with E-state index in [9.17, 15) is 4.79 Å². The second-order valence-corrected chi connectivity index (χ2v) is 5.72. The zero-order chi connectivity index (χ0) is 12.3. The number of halogens is 1. The molecule has 1 N–H and O–H groups in total. The average Bonchev–Trinajstić information content (AvgIpc) is 2.78. The van der Waals surface area contributed by atoms with Gasteiger partial charge in [-0.2, -0.15) is 11.8 Å². The van der Waals surface area contributed by atoms with Gasteiger partial charge < -0.3 is 5.32 Å². The van der Waals surface area contributed by atoms with E-state index in [-0.39, 0.29) is 5.15 Å². The highest BCUT2D eigenvalue weighted by Crippen LogP contribution is 2.27. The molecular weight excluding hydrogens is 258 g/mol. The first-order chi connectivity index (χ1) is 8.20. The molecule has 1 aromatic heterocycles. The fourth-order valence-electron chi connectivity index (χ4n) is 1.80. The Morgan fingerprint density at radius 1 is 1.59 bits per heavy atom. The predicted molar refractivity (Wildman–Crippen MR) is 71.1 cm³/mol. The Kier molecular flexibility index (Phi) is 4.23. The summed E-state index contributed by atoms with van der Waals surface area (Å²) in [7, 11) is 0. The van der Waals surface area contributed by atoms with Gasteiger partial charge in [0, 0.05) is 11.8 Å². The molecule has 0 radical (unpaired) electrons. The summed E-state index contributed by atoms with van der Waals surface area (Å²) in [5.41, 5.74) is 0.347. The van der Waals surface area contributed by atoms with Gasteiger partial charge in [0.05, 0.1) is 5.56 Å². The van der Waals surface area contributed by atoms with Gasteiger partial charge in [-0.25, -0.2) is 9.97 Å². The van der Waals surface area contributed by atoms with Crippen molar-refractivity contribution >= 4 is 35.5 Å². The molecule has 92 valence electrons. The molecular formula is C11H14ClN3OS. The molecule has 1 saturated heterocycles. The number of nitrogens with zero attached hydrogens (tertiary/aromatic N) is 2. The van der Waals surface area contributed by atoms with Crippen molar-refractivity contribution < 1.29 is 4.79 Å². The Bertz CT molecular complexity index is 421. The van der Waals surface area contributed by atoms with Gasteiger partial charge in [-0.05, 0) is 25.5 Å². The van der Waals surface area contributed by atoms with E-state index in [0.29, 0.717) is 28.7 Å². The van der Waals surface area contributed by atoms with Crippen LogP contribution in [0.2, 0.25) is 5.15 Å². The molecule has 2 rings (SSSR count). The van der Waals surface area contributed by atoms with E-state index in [1.165, 1.54) is 18.6 Å². The number of aromatic nitrogens is 2. The number of carbonyl (C=O) groups is 1. The first-order valence-corrected chi connectivity index (χ1v) is 6.98. The maximum Gasteiger partial charge on any atom is 0.156 e. The third-order valence-corrected chi connectivity index (χ3v) is 4.34. The molecule has 0 amide bonds. The van der Waals surface area contributed by atoms with Gasteiger partial charge in [0.25, 0.3) is 0 Å². The average molecular weight is 272 g/mol. The van der Waals surface area contributed by atoms with Crippen molar-refractivity contribution in [3.63, 3.8) is 0 Å². The van der Waals surface area contributed by atoms with Crippen LogP contribution in [-0.2, 0) is 0 Å². The van der Waals surface area contributed by atoms with Gasteiger partial charge in [-0.3, -0.25) is 4.79 Å². The molecule has 1 unspecified atom stereocenters. The molecule has 1 fully saturated rings. The third kappa shape index (κ3) is 3.10. The van der Waals surface area contributed by atoms with Crippen LogP contribution in [0.1, 0.15) is 29.0 Å². The van der Waals surface area contributed by atoms with Crippen LogP contribution in [0.4, 0.5) is 5.82 Å². The highest BCUT2D eigenvalue weighted by molar-refractivity contribution is 8.00. The van der Waals surface area contributed by atoms with Crippen LogP contribution in [0.15, 0.2) is 0 Å². The molecule has 4 nitrogen and oxygen atoms in total. The molecule has 1 aliphatic heterocycles. The molecule has 0 bridgehead atoms. The van der Waals surface area contributed by atoms with E-state index in [2.05, 4.69) is 15.3 Å². The standard InChI is InChI=1S/C11H14ClN3OS/c1-7-14-10(12)9(6-16)11(15-7)13-5-8-3-2-4-17-8/h6,8H,2-5H2,1H3,(H,13,14,15). The fraction of sp³-hybridized carbons (Fsp3) is 0.545. The van der Waals surface area contributed by atoms with E-state index < -0.39 is 0 Å². The maximum absolute atomic E-state index is 10.9. The lowest BCUT2D eigenvalue weighted by atomic mass is 10.2. The smallest absolute Gasteiger partial charge is 0.156 e. The molecule has 17 heavy (non-hydrogen) atoms. The maximum atomic E-state index is 10.9. The highest BCUT2D eigenvalue weighted by Gasteiger charge is 2.17. The molecule has 0 saturated carbocycles. The number of anilines is 1. The zero-order valence-corrected chi connectivity index (χ0v) is 11.1. The lowest BCUT2D eigenvalue weighted by molar-refractivity contribution is 0.112. The number of hydrogen-bond acceptors (Lipinski definition) is 5. The Hall–Kier alpha value is -0.810. The Balaban J connectivity index is 2.10. The molecule has 1 aromatic rings. The van der Waals surface area contributed by atoms with Crippen molar-refractivity contribution in [2.24, 2.45) is 0 Å². The monoisotopic (exact) mass is 271 g/mol. The number of thioether (sulfide) groups is 1. The SMILES string of the molecule is Cc1nc(Cl)c(C=O)c(NCC2CCCS2)n1. The van der Waals surface area contributed by atoms with E-state index >= 15 is 0 Å². The summed E-state index contributed by atoms with van der Waals surface area (Å²) in [4.78, 5) is 19.1. The molecule has 1 atom stereocenters. The van der Waals surface area contributed by atoms with Crippen LogP contribution in [0.5, 0.6) is 0 Å². The first kappa shape index (κ1) is 12.6. The van der Waals surface area contributed by atoms with Gasteiger partial charge in [0.1, 0.15) is 16.8 Å². The van der Waals surface area contributed by atoms with Gasteiger partial charge in [-0.15, -0.1) is 0 Å². The van der Waals surface area contributed by atoms with Gasteiger partial charge >= 0.3 is 0 Å². The summed E-state index contributed by atoms with van der Waals surface area (Å²) in [5.74, 6) is 2.34. The number of hydrogen-bond donors (Lipinski definition) is 1. The van der Waals surface area contributed by atoms with Gasteiger partial charge in [0.2, 0.25) is 0 Å². The van der Waals surface area contributed by atoms with Crippen LogP contribution in [-0.4, -0.2) is 33.8 Å². The van der Waals surface area contributed by atoms with Gasteiger partial charge in [0.15, 0.2) is 6.29 Å². The minimum atomic E-state index is 0.217. The van der Waals surface area contributed by atoms with Crippen molar-refractivity contribution in [3.05, 3.63) is 16.5 Å². The summed E-state index contributed by atoms with van der Waals surface area (Å²) in [6, 6.07) is 0. The van der Waals surface area contributed by atoms with Crippen molar-refractivity contribution in [1.82, 2.24) is 9.97 Å². The zero-order valence-electron chi connectivity index (χ0n) is 9.57. The normalized spacial score (nSPS) is 19.3. The van der Waals surface area contributed by atoms with E-state index in [1.54, 1.807) is 6.92 Å². The third-order valence-electron chi connectivity index (χ3n) is 2.65. The summed E-state index contributed by atoms with van der Waals surface area (Å²) in [5, 5.41) is 4.02. The molecule has 6 heteroatoms. The molecule has 1 aliphatic rings. The number of aldehydes is 1. The molecule has 0 spiro atoms. The molecule has 2 heterocycles. The predicted octanol–water partition coefficient (Wildman–Crippen LogP) is 2.56. The largest absolute Gasteiger partial charge is 0.368 e. The quantitative estimate of drug-likeness (QED) is 0.674. The van der Waals surface area contributed by atoms with Crippen LogP contribution in [0.3, 0.4) is 0 Å². The summed E-state index contributed by atoms with van der Waals surface area (Å²) in [6.45, 7) is 2.58. The van der Waals surface area contributed by atoms with E-state index in [1.807, 2.05) is 11.8 Å². The van der Waals surface area contributed by atoms with Crippen LogP contribution < -0.4 is 5.32 Å². The van der Waals surface area contributed by atoms with E-state index in [4.69, 9.17) is 11.6 Å². The van der Waals surface area contributed by atoms with Crippen LogP contribution in [0, 0.1) is 6.92 Å². The van der Waals surface area contributed by atoms with Crippen molar-refractivity contribution in [2.45, 2.75) is 25.0 Å². The molecule has 0 aromatic carbocycles. The summed E-state index contributed by atoms with van der Waals surface area (Å²) < 4.78 is 0. The lowest BCUT2D eigenvalue weighted by Gasteiger charge is -2.12. The first-order valence-electron chi connectivity index (χ1n) is 5.55. The number of aryl methyl sites for hydroxylation is 1. The number of rotatable bonds is 4. The van der Waals surface area contributed by atoms with Crippen molar-refractivity contribution in [1.29, 1.82) is 0 Å². The Morgan fingerprint density at radius 3 is 3.06 bits per heavy atom. The van der Waals surface area contributed by atoms with Crippen LogP contribution >= 0.6 is 23.4 Å². The Labute approximate surface area is 110 Å². The van der Waals surface area contributed by atoms with Crippen molar-refractivity contribution in [2.75, 3.05) is 17.6 Å². The Morgan fingerprint density at radius 2 is 2.41 bits per heavy atom. The highest BCUT2D eigenvalue weighted by atomic mass is 35.5.